The minimum Gasteiger partial charge on any atom is -0.478 e. The van der Waals surface area contributed by atoms with Crippen LogP contribution in [0.5, 0.6) is 0 Å². The van der Waals surface area contributed by atoms with E-state index >= 15 is 0 Å². The van der Waals surface area contributed by atoms with Crippen molar-refractivity contribution in [1.29, 1.82) is 0 Å². The summed E-state index contributed by atoms with van der Waals surface area (Å²) < 4.78 is 0. The van der Waals surface area contributed by atoms with Crippen LogP contribution in [0, 0.1) is 13.8 Å². The normalized spacial score (nSPS) is 14.0. The number of carboxylic acids is 1. The van der Waals surface area contributed by atoms with Gasteiger partial charge in [-0.15, -0.1) is 0 Å². The molecule has 1 aliphatic rings. The fourth-order valence-electron chi connectivity index (χ4n) is 3.14. The highest BCUT2D eigenvalue weighted by molar-refractivity contribution is 6.26. The largest absolute Gasteiger partial charge is 0.478 e. The molecular weight excluding hydrogens is 356 g/mol. The maximum Gasteiger partial charge on any atom is 0.338 e. The molecule has 3 rings (SSSR count). The van der Waals surface area contributed by atoms with Gasteiger partial charge >= 0.3 is 5.97 Å². The molecule has 7 nitrogen and oxygen atoms in total. The number of aryl methyl sites for hydroxylation is 2. The summed E-state index contributed by atoms with van der Waals surface area (Å²) in [4.78, 5) is 29.0. The van der Waals surface area contributed by atoms with Crippen molar-refractivity contribution in [3.05, 3.63) is 70.4 Å². The molecule has 144 valence electrons. The van der Waals surface area contributed by atoms with E-state index < -0.39 is 11.8 Å². The molecule has 1 aliphatic heterocycles. The molecule has 0 spiro atoms. The minimum atomic E-state index is -1.24. The highest BCUT2D eigenvalue weighted by Gasteiger charge is 2.22. The van der Waals surface area contributed by atoms with Gasteiger partial charge < -0.3 is 21.5 Å². The van der Waals surface area contributed by atoms with Gasteiger partial charge in [-0.05, 0) is 31.5 Å². The summed E-state index contributed by atoms with van der Waals surface area (Å²) in [6.45, 7) is 5.18. The number of nitrogens with two attached hydrogens (primary N) is 1. The van der Waals surface area contributed by atoms with E-state index in [-0.39, 0.29) is 11.3 Å². The lowest BCUT2D eigenvalue weighted by Gasteiger charge is -2.11. The smallest absolute Gasteiger partial charge is 0.338 e. The quantitative estimate of drug-likeness (QED) is 0.469. The highest BCUT2D eigenvalue weighted by Crippen LogP contribution is 2.23. The summed E-state index contributed by atoms with van der Waals surface area (Å²) in [6, 6.07) is 12.1. The summed E-state index contributed by atoms with van der Waals surface area (Å²) in [5.41, 5.74) is 8.69. The number of hydrogen-bond acceptors (Lipinski definition) is 6. The first-order valence-electron chi connectivity index (χ1n) is 8.87. The maximum absolute atomic E-state index is 12.9. The van der Waals surface area contributed by atoms with Crippen LogP contribution in [0.2, 0.25) is 0 Å². The SMILES string of the molecule is Cc1cc(C)cc(C(C(=O)O)=C(N)C(=O)c2cccc(NC3=NCCN3)c2)c1. The van der Waals surface area contributed by atoms with Crippen molar-refractivity contribution >= 4 is 29.0 Å². The Balaban J connectivity index is 1.97. The Kier molecular flexibility index (Phi) is 5.44. The monoisotopic (exact) mass is 378 g/mol. The third-order valence-corrected chi connectivity index (χ3v) is 4.30. The molecule has 7 heteroatoms. The van der Waals surface area contributed by atoms with E-state index in [1.165, 1.54) is 0 Å². The molecule has 0 bridgehead atoms. The summed E-state index contributed by atoms with van der Waals surface area (Å²) in [5.74, 6) is -1.15. The van der Waals surface area contributed by atoms with Gasteiger partial charge in [-0.25, -0.2) is 4.79 Å². The average Bonchev–Trinajstić information content (AvgIpc) is 3.13. The Morgan fingerprint density at radius 1 is 1.11 bits per heavy atom. The molecular formula is C21H22N4O3. The molecule has 0 saturated heterocycles. The number of hydrogen-bond donors (Lipinski definition) is 4. The Bertz CT molecular complexity index is 988. The van der Waals surface area contributed by atoms with E-state index in [1.807, 2.05) is 19.9 Å². The number of aliphatic carboxylic acids is 1. The van der Waals surface area contributed by atoms with Crippen molar-refractivity contribution in [2.45, 2.75) is 13.8 Å². The highest BCUT2D eigenvalue weighted by atomic mass is 16.4. The molecule has 0 atom stereocenters. The van der Waals surface area contributed by atoms with E-state index in [0.717, 1.165) is 17.7 Å². The summed E-state index contributed by atoms with van der Waals surface area (Å²) in [6.07, 6.45) is 0. The van der Waals surface area contributed by atoms with Gasteiger partial charge in [-0.3, -0.25) is 9.79 Å². The predicted molar refractivity (Wildman–Crippen MR) is 109 cm³/mol. The summed E-state index contributed by atoms with van der Waals surface area (Å²) in [5, 5.41) is 15.9. The number of allylic oxidation sites excluding steroid dienone is 1. The summed E-state index contributed by atoms with van der Waals surface area (Å²) >= 11 is 0. The maximum atomic E-state index is 12.9. The predicted octanol–water partition coefficient (Wildman–Crippen LogP) is 2.31. The van der Waals surface area contributed by atoms with Gasteiger partial charge in [-0.1, -0.05) is 41.5 Å². The first-order valence-corrected chi connectivity index (χ1v) is 8.87. The Morgan fingerprint density at radius 2 is 1.82 bits per heavy atom. The zero-order valence-electron chi connectivity index (χ0n) is 15.7. The van der Waals surface area contributed by atoms with Crippen molar-refractivity contribution < 1.29 is 14.7 Å². The Hall–Kier alpha value is -3.61. The van der Waals surface area contributed by atoms with Crippen molar-refractivity contribution in [3.63, 3.8) is 0 Å². The zero-order valence-corrected chi connectivity index (χ0v) is 15.7. The van der Waals surface area contributed by atoms with Gasteiger partial charge in [0, 0.05) is 17.8 Å². The second kappa shape index (κ2) is 7.96. The van der Waals surface area contributed by atoms with Crippen LogP contribution in [-0.4, -0.2) is 35.9 Å². The van der Waals surface area contributed by atoms with Crippen LogP contribution < -0.4 is 16.4 Å². The van der Waals surface area contributed by atoms with Crippen molar-refractivity contribution in [2.75, 3.05) is 18.4 Å². The van der Waals surface area contributed by atoms with Crippen LogP contribution >= 0.6 is 0 Å². The number of carbonyl (C=O) groups excluding carboxylic acids is 1. The number of benzene rings is 2. The first kappa shape index (κ1) is 19.2. The molecule has 1 heterocycles. The van der Waals surface area contributed by atoms with Gasteiger partial charge in [0.1, 0.15) is 0 Å². The van der Waals surface area contributed by atoms with Crippen LogP contribution in [0.4, 0.5) is 5.69 Å². The molecule has 0 aliphatic carbocycles. The minimum absolute atomic E-state index is 0.197. The fraction of sp³-hybridized carbons (Fsp3) is 0.190. The molecule has 0 fully saturated rings. The Morgan fingerprint density at radius 3 is 2.43 bits per heavy atom. The molecule has 2 aromatic carbocycles. The van der Waals surface area contributed by atoms with E-state index in [2.05, 4.69) is 15.6 Å². The van der Waals surface area contributed by atoms with Crippen LogP contribution in [0.3, 0.4) is 0 Å². The molecule has 0 unspecified atom stereocenters. The van der Waals surface area contributed by atoms with Gasteiger partial charge in [0.05, 0.1) is 17.8 Å². The van der Waals surface area contributed by atoms with Crippen molar-refractivity contribution in [3.8, 4) is 0 Å². The lowest BCUT2D eigenvalue weighted by molar-refractivity contribution is -0.130. The summed E-state index contributed by atoms with van der Waals surface area (Å²) in [7, 11) is 0. The standard InChI is InChI=1S/C21H22N4O3/c1-12-8-13(2)10-15(9-12)17(20(27)28)18(22)19(26)14-4-3-5-16(11-14)25-21-23-6-7-24-21/h3-5,8-11H,6-7,22H2,1-2H3,(H,27,28)(H2,23,24,25). The fourth-order valence-corrected chi connectivity index (χ4v) is 3.14. The Labute approximate surface area is 163 Å². The number of rotatable bonds is 5. The zero-order chi connectivity index (χ0) is 20.3. The lowest BCUT2D eigenvalue weighted by Crippen LogP contribution is -2.26. The number of carboxylic acid groups (broad SMARTS) is 1. The molecule has 0 aromatic heterocycles. The van der Waals surface area contributed by atoms with Crippen molar-refractivity contribution in [1.82, 2.24) is 5.32 Å². The van der Waals surface area contributed by atoms with Crippen LogP contribution in [0.25, 0.3) is 5.57 Å². The van der Waals surface area contributed by atoms with Gasteiger partial charge in [0.15, 0.2) is 5.96 Å². The lowest BCUT2D eigenvalue weighted by atomic mass is 9.96. The van der Waals surface area contributed by atoms with E-state index in [0.29, 0.717) is 29.3 Å². The third kappa shape index (κ3) is 4.20. The molecule has 28 heavy (non-hydrogen) atoms. The molecule has 0 radical (unpaired) electrons. The third-order valence-electron chi connectivity index (χ3n) is 4.30. The number of nitrogens with zero attached hydrogens (tertiary/aromatic N) is 1. The number of carbonyl (C=O) groups is 2. The van der Waals surface area contributed by atoms with E-state index in [1.54, 1.807) is 36.4 Å². The molecule has 2 aromatic rings. The van der Waals surface area contributed by atoms with Gasteiger partial charge in [0.2, 0.25) is 5.78 Å². The number of guanidine groups is 1. The van der Waals surface area contributed by atoms with Gasteiger partial charge in [-0.2, -0.15) is 0 Å². The average molecular weight is 378 g/mol. The number of nitrogens with one attached hydrogen (secondary N) is 2. The number of aliphatic imine (C=N–C) groups is 1. The van der Waals surface area contributed by atoms with Gasteiger partial charge in [0.25, 0.3) is 0 Å². The second-order valence-electron chi connectivity index (χ2n) is 6.66. The topological polar surface area (TPSA) is 117 Å². The number of anilines is 1. The second-order valence-corrected chi connectivity index (χ2v) is 6.66. The van der Waals surface area contributed by atoms with Crippen LogP contribution in [0.1, 0.15) is 27.0 Å². The number of ketones is 1. The van der Waals surface area contributed by atoms with Crippen LogP contribution in [0.15, 0.2) is 53.2 Å². The van der Waals surface area contributed by atoms with Crippen LogP contribution in [-0.2, 0) is 4.79 Å². The number of Topliss-reactive ketones (excluding diaryl/α,β-unsaturated/α-hetero) is 1. The van der Waals surface area contributed by atoms with E-state index in [4.69, 9.17) is 5.73 Å². The first-order chi connectivity index (χ1) is 13.3. The molecule has 5 N–H and O–H groups in total. The molecule has 0 amide bonds. The van der Waals surface area contributed by atoms with E-state index in [9.17, 15) is 14.7 Å². The molecule has 0 saturated carbocycles. The van der Waals surface area contributed by atoms with Crippen molar-refractivity contribution in [2.24, 2.45) is 10.7 Å².